The average molecular weight is 291 g/mol. The molecule has 2 heterocycles. The Labute approximate surface area is 124 Å². The topological polar surface area (TPSA) is 75.5 Å². The number of anilines is 1. The molecule has 1 aromatic heterocycles. The molecule has 2 aliphatic rings. The van der Waals surface area contributed by atoms with Gasteiger partial charge in [-0.15, -0.1) is 0 Å². The Bertz CT molecular complexity index is 477. The Kier molecular flexibility index (Phi) is 4.34. The van der Waals surface area contributed by atoms with E-state index in [4.69, 9.17) is 9.84 Å². The number of piperidine rings is 1. The van der Waals surface area contributed by atoms with E-state index in [0.29, 0.717) is 12.2 Å². The molecule has 1 N–H and O–H groups in total. The summed E-state index contributed by atoms with van der Waals surface area (Å²) >= 11 is 0. The lowest BCUT2D eigenvalue weighted by Gasteiger charge is -2.33. The smallest absolute Gasteiger partial charge is 0.356 e. The minimum atomic E-state index is -1.04. The van der Waals surface area contributed by atoms with Crippen LogP contribution in [0.25, 0.3) is 0 Å². The maximum Gasteiger partial charge on any atom is 0.356 e. The van der Waals surface area contributed by atoms with Gasteiger partial charge in [-0.3, -0.25) is 0 Å². The van der Waals surface area contributed by atoms with Crippen molar-refractivity contribution in [3.8, 4) is 0 Å². The second-order valence-corrected chi connectivity index (χ2v) is 5.79. The monoisotopic (exact) mass is 291 g/mol. The van der Waals surface area contributed by atoms with Gasteiger partial charge in [0.15, 0.2) is 5.69 Å². The SMILES string of the molecule is O=C(O)c1cnc(N2CCC(OC3CCCC3)CC2)cn1. The molecule has 6 nitrogen and oxygen atoms in total. The zero-order chi connectivity index (χ0) is 14.7. The lowest BCUT2D eigenvalue weighted by atomic mass is 10.1. The molecule has 1 saturated heterocycles. The summed E-state index contributed by atoms with van der Waals surface area (Å²) in [7, 11) is 0. The predicted octanol–water partition coefficient (Wildman–Crippen LogP) is 2.10. The van der Waals surface area contributed by atoms with E-state index in [-0.39, 0.29) is 5.69 Å². The van der Waals surface area contributed by atoms with Crippen LogP contribution in [0.2, 0.25) is 0 Å². The Morgan fingerprint density at radius 2 is 1.76 bits per heavy atom. The molecule has 0 radical (unpaired) electrons. The third-order valence-corrected chi connectivity index (χ3v) is 4.31. The quantitative estimate of drug-likeness (QED) is 0.915. The molecular formula is C15H21N3O3. The first-order chi connectivity index (χ1) is 10.2. The largest absolute Gasteiger partial charge is 0.476 e. The van der Waals surface area contributed by atoms with Crippen LogP contribution in [-0.2, 0) is 4.74 Å². The van der Waals surface area contributed by atoms with Gasteiger partial charge in [0.05, 0.1) is 24.6 Å². The van der Waals surface area contributed by atoms with Gasteiger partial charge in [0.2, 0.25) is 0 Å². The predicted molar refractivity (Wildman–Crippen MR) is 77.6 cm³/mol. The number of carboxylic acids is 1. The van der Waals surface area contributed by atoms with Crippen molar-refractivity contribution in [1.82, 2.24) is 9.97 Å². The van der Waals surface area contributed by atoms with Crippen molar-refractivity contribution >= 4 is 11.8 Å². The number of nitrogens with zero attached hydrogens (tertiary/aromatic N) is 3. The summed E-state index contributed by atoms with van der Waals surface area (Å²) in [5, 5.41) is 8.82. The molecule has 0 spiro atoms. The molecule has 1 aliphatic heterocycles. The lowest BCUT2D eigenvalue weighted by molar-refractivity contribution is -0.0195. The van der Waals surface area contributed by atoms with Gasteiger partial charge in [-0.1, -0.05) is 12.8 Å². The van der Waals surface area contributed by atoms with Crippen LogP contribution < -0.4 is 4.90 Å². The van der Waals surface area contributed by atoms with Crippen LogP contribution in [0.5, 0.6) is 0 Å². The number of hydrogen-bond donors (Lipinski definition) is 1. The van der Waals surface area contributed by atoms with Gasteiger partial charge in [-0.25, -0.2) is 14.8 Å². The van der Waals surface area contributed by atoms with Crippen molar-refractivity contribution in [3.05, 3.63) is 18.1 Å². The Balaban J connectivity index is 1.51. The van der Waals surface area contributed by atoms with Crippen molar-refractivity contribution in [1.29, 1.82) is 0 Å². The van der Waals surface area contributed by atoms with E-state index in [1.165, 1.54) is 31.9 Å². The summed E-state index contributed by atoms with van der Waals surface area (Å²) in [5.74, 6) is -0.294. The number of carboxylic acid groups (broad SMARTS) is 1. The zero-order valence-electron chi connectivity index (χ0n) is 12.1. The molecule has 0 atom stereocenters. The molecule has 6 heteroatoms. The van der Waals surface area contributed by atoms with Crippen molar-refractivity contribution < 1.29 is 14.6 Å². The summed E-state index contributed by atoms with van der Waals surface area (Å²) in [4.78, 5) is 21.0. The maximum absolute atomic E-state index is 10.8. The summed E-state index contributed by atoms with van der Waals surface area (Å²) in [6.07, 6.45) is 10.7. The normalized spacial score (nSPS) is 20.9. The molecule has 1 aromatic rings. The van der Waals surface area contributed by atoms with Crippen LogP contribution >= 0.6 is 0 Å². The van der Waals surface area contributed by atoms with E-state index < -0.39 is 5.97 Å². The second kappa shape index (κ2) is 6.39. The standard InChI is InChI=1S/C15H21N3O3/c19-15(20)13-9-17-14(10-16-13)18-7-5-12(6-8-18)21-11-3-1-2-4-11/h9-12H,1-8H2,(H,19,20). The minimum Gasteiger partial charge on any atom is -0.476 e. The van der Waals surface area contributed by atoms with E-state index in [0.717, 1.165) is 31.7 Å². The summed E-state index contributed by atoms with van der Waals surface area (Å²) in [6, 6.07) is 0. The maximum atomic E-state index is 10.8. The lowest BCUT2D eigenvalue weighted by Crippen LogP contribution is -2.38. The fraction of sp³-hybridized carbons (Fsp3) is 0.667. The van der Waals surface area contributed by atoms with E-state index in [1.807, 2.05) is 0 Å². The van der Waals surface area contributed by atoms with E-state index in [9.17, 15) is 4.79 Å². The molecule has 114 valence electrons. The van der Waals surface area contributed by atoms with E-state index in [2.05, 4.69) is 14.9 Å². The summed E-state index contributed by atoms with van der Waals surface area (Å²) in [5.41, 5.74) is -0.0156. The van der Waals surface area contributed by atoms with E-state index in [1.54, 1.807) is 6.20 Å². The third kappa shape index (κ3) is 3.50. The van der Waals surface area contributed by atoms with Crippen molar-refractivity contribution in [2.75, 3.05) is 18.0 Å². The molecule has 0 bridgehead atoms. The highest BCUT2D eigenvalue weighted by Crippen LogP contribution is 2.26. The van der Waals surface area contributed by atoms with Crippen LogP contribution in [0.4, 0.5) is 5.82 Å². The highest BCUT2D eigenvalue weighted by molar-refractivity contribution is 5.84. The van der Waals surface area contributed by atoms with Gasteiger partial charge < -0.3 is 14.7 Å². The van der Waals surface area contributed by atoms with Gasteiger partial charge in [0.25, 0.3) is 0 Å². The summed E-state index contributed by atoms with van der Waals surface area (Å²) in [6.45, 7) is 1.77. The Hall–Kier alpha value is -1.69. The first-order valence-electron chi connectivity index (χ1n) is 7.68. The molecule has 1 aliphatic carbocycles. The van der Waals surface area contributed by atoms with Gasteiger partial charge in [0.1, 0.15) is 5.82 Å². The molecule has 21 heavy (non-hydrogen) atoms. The number of rotatable bonds is 4. The first kappa shape index (κ1) is 14.3. The van der Waals surface area contributed by atoms with Crippen LogP contribution in [0, 0.1) is 0 Å². The highest BCUT2D eigenvalue weighted by Gasteiger charge is 2.25. The molecule has 0 aromatic carbocycles. The number of aromatic carboxylic acids is 1. The molecule has 0 unspecified atom stereocenters. The molecular weight excluding hydrogens is 270 g/mol. The van der Waals surface area contributed by atoms with Gasteiger partial charge in [-0.05, 0) is 25.7 Å². The fourth-order valence-electron chi connectivity index (χ4n) is 3.11. The minimum absolute atomic E-state index is 0.0156. The summed E-state index contributed by atoms with van der Waals surface area (Å²) < 4.78 is 6.15. The Morgan fingerprint density at radius 1 is 1.10 bits per heavy atom. The third-order valence-electron chi connectivity index (χ3n) is 4.31. The van der Waals surface area contributed by atoms with Crippen LogP contribution in [0.15, 0.2) is 12.4 Å². The average Bonchev–Trinajstić information content (AvgIpc) is 3.01. The fourth-order valence-corrected chi connectivity index (χ4v) is 3.11. The second-order valence-electron chi connectivity index (χ2n) is 5.79. The molecule has 1 saturated carbocycles. The van der Waals surface area contributed by atoms with Crippen molar-refractivity contribution in [2.24, 2.45) is 0 Å². The van der Waals surface area contributed by atoms with Crippen molar-refractivity contribution in [3.63, 3.8) is 0 Å². The highest BCUT2D eigenvalue weighted by atomic mass is 16.5. The van der Waals surface area contributed by atoms with E-state index >= 15 is 0 Å². The van der Waals surface area contributed by atoms with Crippen LogP contribution in [0.3, 0.4) is 0 Å². The van der Waals surface area contributed by atoms with Crippen LogP contribution in [-0.4, -0.2) is 46.3 Å². The Morgan fingerprint density at radius 3 is 2.33 bits per heavy atom. The van der Waals surface area contributed by atoms with Gasteiger partial charge in [0, 0.05) is 13.1 Å². The zero-order valence-corrected chi connectivity index (χ0v) is 12.1. The van der Waals surface area contributed by atoms with Crippen molar-refractivity contribution in [2.45, 2.75) is 50.7 Å². The van der Waals surface area contributed by atoms with Gasteiger partial charge >= 0.3 is 5.97 Å². The van der Waals surface area contributed by atoms with Crippen LogP contribution in [0.1, 0.15) is 49.0 Å². The molecule has 0 amide bonds. The van der Waals surface area contributed by atoms with Gasteiger partial charge in [-0.2, -0.15) is 0 Å². The first-order valence-corrected chi connectivity index (χ1v) is 7.68. The number of hydrogen-bond acceptors (Lipinski definition) is 5. The number of carbonyl (C=O) groups is 1. The number of aromatic nitrogens is 2. The molecule has 2 fully saturated rings. The molecule has 3 rings (SSSR count). The number of ether oxygens (including phenoxy) is 1.